The normalized spacial score (nSPS) is 11.3. The van der Waals surface area contributed by atoms with Gasteiger partial charge in [-0.25, -0.2) is 43.3 Å². The van der Waals surface area contributed by atoms with Crippen LogP contribution in [0.15, 0.2) is 88.8 Å². The van der Waals surface area contributed by atoms with Gasteiger partial charge in [0.1, 0.15) is 52.1 Å². The van der Waals surface area contributed by atoms with E-state index < -0.39 is 35.3 Å². The molecule has 101 heavy (non-hydrogen) atoms. The quantitative estimate of drug-likeness (QED) is 0.0168. The van der Waals surface area contributed by atoms with Gasteiger partial charge in [-0.1, -0.05) is 137 Å². The highest BCUT2D eigenvalue weighted by molar-refractivity contribution is 7.98. The Balaban J connectivity index is 0.000000340. The minimum absolute atomic E-state index is 0. The third-order valence-electron chi connectivity index (χ3n) is 14.5. The van der Waals surface area contributed by atoms with Crippen LogP contribution in [0.3, 0.4) is 0 Å². The first kappa shape index (κ1) is 88.4. The average molecular weight is 1570 g/mol. The molecule has 8 rings (SSSR count). The second kappa shape index (κ2) is 40.3. The van der Waals surface area contributed by atoms with Crippen molar-refractivity contribution in [2.24, 2.45) is 5.73 Å². The fourth-order valence-electron chi connectivity index (χ4n) is 9.41. The van der Waals surface area contributed by atoms with Crippen LogP contribution in [-0.4, -0.2) is 121 Å². The molecule has 554 valence electrons. The molecule has 0 unspecified atom stereocenters. The average Bonchev–Trinajstić information content (AvgIpc) is 0.826. The van der Waals surface area contributed by atoms with Crippen molar-refractivity contribution in [1.29, 1.82) is 0 Å². The van der Waals surface area contributed by atoms with E-state index >= 15 is 0 Å². The fraction of sp³-hybridized carbons (Fsp3) is 0.403. The molecule has 4 aromatic carbocycles. The smallest absolute Gasteiger partial charge is 0.405 e. The second-order valence-corrected chi connectivity index (χ2v) is 28.7. The van der Waals surface area contributed by atoms with E-state index in [1.165, 1.54) is 47.0 Å². The number of nitrogens with two attached hydrogens (primary N) is 4. The van der Waals surface area contributed by atoms with Gasteiger partial charge in [0.25, 0.3) is 0 Å². The van der Waals surface area contributed by atoms with Crippen LogP contribution >= 0.6 is 81.5 Å². The van der Waals surface area contributed by atoms with E-state index in [0.29, 0.717) is 113 Å². The number of methoxy groups -OCH3 is 4. The van der Waals surface area contributed by atoms with E-state index in [-0.39, 0.29) is 40.7 Å². The number of anilines is 4. The number of nitrogens with one attached hydrogen (secondary N) is 1. The molecule has 8 aromatic rings. The molecule has 12 N–H and O–H groups in total. The Bertz CT molecular complexity index is 4050. The van der Waals surface area contributed by atoms with Crippen LogP contribution in [-0.2, 0) is 35.5 Å². The molecule has 0 saturated heterocycles. The minimum Gasteiger partial charge on any atom is -0.495 e. The number of thioether (sulfide) groups is 2. The number of hydrogen-bond donors (Lipinski definition) is 6. The van der Waals surface area contributed by atoms with E-state index in [4.69, 9.17) is 94.2 Å². The summed E-state index contributed by atoms with van der Waals surface area (Å²) in [6, 6.07) is 15.3. The molecule has 34 heteroatoms. The molecule has 0 atom stereocenters. The van der Waals surface area contributed by atoms with Crippen molar-refractivity contribution in [2.75, 3.05) is 82.8 Å². The number of rotatable bonds is 21. The summed E-state index contributed by atoms with van der Waals surface area (Å²) in [4.78, 5) is 32.8. The number of nitrogen functional groups attached to an aromatic ring is 3. The van der Waals surface area contributed by atoms with Crippen molar-refractivity contribution in [3.05, 3.63) is 165 Å². The van der Waals surface area contributed by atoms with E-state index in [0.717, 1.165) is 50.8 Å². The first-order valence-corrected chi connectivity index (χ1v) is 36.6. The third kappa shape index (κ3) is 27.4. The number of halogens is 11. The van der Waals surface area contributed by atoms with Crippen molar-refractivity contribution in [2.45, 2.75) is 133 Å². The van der Waals surface area contributed by atoms with Crippen molar-refractivity contribution in [3.63, 3.8) is 0 Å². The van der Waals surface area contributed by atoms with Crippen molar-refractivity contribution in [1.82, 2.24) is 46.0 Å². The number of nitrogens with zero attached hydrogens (tertiary/aromatic N) is 8. The molecule has 0 saturated carbocycles. The zero-order chi connectivity index (χ0) is 75.3. The maximum absolute atomic E-state index is 12.3. The van der Waals surface area contributed by atoms with Gasteiger partial charge in [0.2, 0.25) is 20.9 Å². The number of ether oxygens (including phenoxy) is 4. The van der Waals surface area contributed by atoms with E-state index in [1.54, 1.807) is 46.9 Å². The second-order valence-electron chi connectivity index (χ2n) is 23.2. The van der Waals surface area contributed by atoms with Crippen LogP contribution in [0.2, 0.25) is 25.2 Å². The van der Waals surface area contributed by atoms with Gasteiger partial charge in [-0.3, -0.25) is 0 Å². The molecule has 0 radical (unpaired) electrons. The Kier molecular flexibility index (Phi) is 35.3. The molecule has 0 aliphatic carbocycles. The SMILES string of the molecule is COc1cc(C(C)C)c(Cc2cnc(NCC(F)(F)F)nc2N)cc1Cl.COc1cc(C(C)C)c(Cc2cnc(S(C)(=O)=O)nc2N)cc1Cl.COc1cc(C(C)C)c(Cc2cnc(SC)nc2Cl)cc1Cl.COc1cc(C(C)C)c(Cc2cnc(SC)nc2N)cc1Cl.N.NCC(F)(F)F. The van der Waals surface area contributed by atoms with E-state index in [2.05, 4.69) is 92.5 Å². The summed E-state index contributed by atoms with van der Waals surface area (Å²) in [5.74, 6) is 4.36. The summed E-state index contributed by atoms with van der Waals surface area (Å²) in [7, 11) is 2.87. The lowest BCUT2D eigenvalue weighted by Crippen LogP contribution is -2.22. The Hall–Kier alpha value is -6.80. The molecular formula is C67H85Cl5F6N14O6S3. The van der Waals surface area contributed by atoms with Gasteiger partial charge < -0.3 is 53.3 Å². The van der Waals surface area contributed by atoms with E-state index in [9.17, 15) is 34.8 Å². The predicted molar refractivity (Wildman–Crippen MR) is 397 cm³/mol. The van der Waals surface area contributed by atoms with Crippen LogP contribution in [0.25, 0.3) is 0 Å². The Morgan fingerprint density at radius 3 is 1.03 bits per heavy atom. The van der Waals surface area contributed by atoms with Gasteiger partial charge in [0.05, 0.1) is 55.1 Å². The van der Waals surface area contributed by atoms with Gasteiger partial charge >= 0.3 is 12.4 Å². The predicted octanol–water partition coefficient (Wildman–Crippen LogP) is 17.3. The third-order valence-corrected chi connectivity index (χ3v) is 18.0. The zero-order valence-electron chi connectivity index (χ0n) is 58.4. The molecule has 0 amide bonds. The first-order valence-electron chi connectivity index (χ1n) is 30.4. The molecule has 4 aromatic heterocycles. The van der Waals surface area contributed by atoms with Gasteiger partial charge in [-0.05, 0) is 129 Å². The van der Waals surface area contributed by atoms with Crippen molar-refractivity contribution in [3.8, 4) is 23.0 Å². The van der Waals surface area contributed by atoms with E-state index in [1.807, 2.05) is 68.8 Å². The standard InChI is InChI=1S/C17H20ClF3N4O.C16H18Cl2N2OS.C16H20ClN3O3S.C16H20ClN3OS.C2H4F3N.H3N/c1-9(2)12-6-14(26-3)13(18)5-10(12)4-11-7-23-16(25-15(11)22)24-8-17(19,20)21;1-9(2)12-7-14(21-3)13(17)6-10(12)5-11-8-19-16(22-4)20-15(11)18;1-9(2)12-7-14(23-3)13(17)6-10(12)5-11-8-19-16(20-15(11)18)24(4,21)22;1-9(2)12-7-14(21-3)13(17)6-10(12)5-11-8-19-16(22-4)20-15(11)18;3-2(4,5)1-6;/h5-7,9H,4,8H2,1-3H3,(H3,22,23,24,25);6-9H,5H2,1-4H3;6-9H,5H2,1-4H3,(H2,18,19,20);6-9H,5H2,1-4H3,(H2,18,19,20);1,6H2;1H3. The van der Waals surface area contributed by atoms with Crippen LogP contribution < -0.4 is 53.3 Å². The van der Waals surface area contributed by atoms with Crippen LogP contribution in [0.1, 0.15) is 146 Å². The van der Waals surface area contributed by atoms with Crippen LogP contribution in [0.5, 0.6) is 23.0 Å². The first-order chi connectivity index (χ1) is 46.7. The number of hydrogen-bond acceptors (Lipinski definition) is 22. The molecule has 0 fully saturated rings. The Morgan fingerprint density at radius 1 is 0.465 bits per heavy atom. The summed E-state index contributed by atoms with van der Waals surface area (Å²) < 4.78 is 113. The Morgan fingerprint density at radius 2 is 0.762 bits per heavy atom. The number of sulfone groups is 1. The van der Waals surface area contributed by atoms with Crippen LogP contribution in [0.4, 0.5) is 49.7 Å². The monoisotopic (exact) mass is 1570 g/mol. The lowest BCUT2D eigenvalue weighted by Gasteiger charge is -2.16. The topological polar surface area (TPSA) is 325 Å². The highest BCUT2D eigenvalue weighted by atomic mass is 35.5. The minimum atomic E-state index is -4.36. The van der Waals surface area contributed by atoms with Crippen LogP contribution in [0, 0.1) is 0 Å². The molecule has 0 aliphatic heterocycles. The summed E-state index contributed by atoms with van der Waals surface area (Å²) in [5, 5.41) is 5.83. The lowest BCUT2D eigenvalue weighted by atomic mass is 9.93. The lowest BCUT2D eigenvalue weighted by molar-refractivity contribution is -0.118. The Labute approximate surface area is 619 Å². The molecule has 0 spiro atoms. The summed E-state index contributed by atoms with van der Waals surface area (Å²) in [6.07, 6.45) is 4.94. The summed E-state index contributed by atoms with van der Waals surface area (Å²) in [6.45, 7) is 14.3. The summed E-state index contributed by atoms with van der Waals surface area (Å²) >= 11 is 34.2. The van der Waals surface area contributed by atoms with Crippen molar-refractivity contribution < 1.29 is 53.7 Å². The molecule has 20 nitrogen and oxygen atoms in total. The molecule has 0 aliphatic rings. The molecule has 0 bridgehead atoms. The number of aromatic nitrogens is 8. The number of alkyl halides is 6. The summed E-state index contributed by atoms with van der Waals surface area (Å²) in [5.41, 5.74) is 33.7. The van der Waals surface area contributed by atoms with Gasteiger partial charge in [0, 0.05) is 79.0 Å². The maximum Gasteiger partial charge on any atom is 0.405 e. The zero-order valence-corrected chi connectivity index (χ0v) is 64.6. The largest absolute Gasteiger partial charge is 0.495 e. The highest BCUT2D eigenvalue weighted by Gasteiger charge is 2.28. The highest BCUT2D eigenvalue weighted by Crippen LogP contribution is 2.38. The fourth-order valence-corrected chi connectivity index (χ4v) is 11.9. The number of benzene rings is 4. The maximum atomic E-state index is 12.3. The van der Waals surface area contributed by atoms with Crippen molar-refractivity contribution >= 4 is 115 Å². The van der Waals surface area contributed by atoms with Gasteiger partial charge in [0.15, 0.2) is 10.3 Å². The molecular weight excluding hydrogens is 1480 g/mol. The van der Waals surface area contributed by atoms with Gasteiger partial charge in [-0.15, -0.1) is 0 Å². The molecule has 4 heterocycles. The van der Waals surface area contributed by atoms with Gasteiger partial charge in [-0.2, -0.15) is 31.3 Å².